The molecule has 0 aliphatic rings. The Bertz CT molecular complexity index is 759. The first-order valence-corrected chi connectivity index (χ1v) is 6.74. The van der Waals surface area contributed by atoms with Gasteiger partial charge in [-0.3, -0.25) is 4.57 Å². The van der Waals surface area contributed by atoms with Crippen LogP contribution >= 0.6 is 0 Å². The third-order valence-corrected chi connectivity index (χ3v) is 3.30. The smallest absolute Gasteiger partial charge is 0.422 e. The standard InChI is InChI=1S/C17H15NO3/c1-13(14-8-4-2-5-9-14)18-12-16(21-17(18)19)20-15-10-6-3-7-11-15/h2-13H,1H3. The third-order valence-electron chi connectivity index (χ3n) is 3.30. The van der Waals surface area contributed by atoms with Gasteiger partial charge in [0.25, 0.3) is 0 Å². The Morgan fingerprint density at radius 2 is 1.62 bits per heavy atom. The largest absolute Gasteiger partial charge is 0.425 e. The number of hydrogen-bond donors (Lipinski definition) is 0. The van der Waals surface area contributed by atoms with Gasteiger partial charge < -0.3 is 9.15 Å². The zero-order valence-electron chi connectivity index (χ0n) is 11.6. The molecular weight excluding hydrogens is 266 g/mol. The molecule has 1 aromatic heterocycles. The summed E-state index contributed by atoms with van der Waals surface area (Å²) in [6, 6.07) is 18.9. The molecule has 1 unspecified atom stereocenters. The van der Waals surface area contributed by atoms with Crippen molar-refractivity contribution in [3.63, 3.8) is 0 Å². The van der Waals surface area contributed by atoms with E-state index < -0.39 is 5.76 Å². The van der Waals surface area contributed by atoms with Gasteiger partial charge in [-0.25, -0.2) is 4.79 Å². The third kappa shape index (κ3) is 2.89. The van der Waals surface area contributed by atoms with Gasteiger partial charge in [0, 0.05) is 0 Å². The van der Waals surface area contributed by atoms with Crippen LogP contribution in [0.5, 0.6) is 11.7 Å². The Morgan fingerprint density at radius 1 is 1.00 bits per heavy atom. The molecule has 0 amide bonds. The molecule has 3 aromatic rings. The fraction of sp³-hybridized carbons (Fsp3) is 0.118. The minimum Gasteiger partial charge on any atom is -0.425 e. The molecule has 2 aromatic carbocycles. The predicted molar refractivity (Wildman–Crippen MR) is 79.7 cm³/mol. The molecule has 4 heteroatoms. The van der Waals surface area contributed by atoms with Crippen LogP contribution in [0.4, 0.5) is 0 Å². The average molecular weight is 281 g/mol. The van der Waals surface area contributed by atoms with Gasteiger partial charge in [0.15, 0.2) is 0 Å². The minimum atomic E-state index is -0.433. The SMILES string of the molecule is CC(c1ccccc1)n1cc(Oc2ccccc2)oc1=O. The lowest BCUT2D eigenvalue weighted by atomic mass is 10.1. The van der Waals surface area contributed by atoms with Gasteiger partial charge in [-0.15, -0.1) is 0 Å². The van der Waals surface area contributed by atoms with Gasteiger partial charge in [0.1, 0.15) is 5.75 Å². The first-order valence-electron chi connectivity index (χ1n) is 6.74. The first kappa shape index (κ1) is 13.2. The van der Waals surface area contributed by atoms with Gasteiger partial charge in [0.05, 0.1) is 12.2 Å². The Labute approximate surface area is 122 Å². The van der Waals surface area contributed by atoms with Crippen molar-refractivity contribution in [2.24, 2.45) is 0 Å². The lowest BCUT2D eigenvalue weighted by molar-refractivity contribution is 0.329. The van der Waals surface area contributed by atoms with E-state index in [9.17, 15) is 4.79 Å². The van der Waals surface area contributed by atoms with Crippen molar-refractivity contribution in [3.8, 4) is 11.7 Å². The molecule has 0 N–H and O–H groups in total. The summed E-state index contributed by atoms with van der Waals surface area (Å²) >= 11 is 0. The normalized spacial score (nSPS) is 12.0. The maximum Gasteiger partial charge on any atom is 0.422 e. The van der Waals surface area contributed by atoms with E-state index in [0.29, 0.717) is 5.75 Å². The summed E-state index contributed by atoms with van der Waals surface area (Å²) in [6.45, 7) is 1.94. The van der Waals surface area contributed by atoms with Crippen molar-refractivity contribution in [3.05, 3.63) is 83.0 Å². The van der Waals surface area contributed by atoms with E-state index in [-0.39, 0.29) is 12.0 Å². The van der Waals surface area contributed by atoms with Crippen molar-refractivity contribution in [1.29, 1.82) is 0 Å². The Hall–Kier alpha value is -2.75. The Morgan fingerprint density at radius 3 is 2.29 bits per heavy atom. The number of nitrogens with zero attached hydrogens (tertiary/aromatic N) is 1. The van der Waals surface area contributed by atoms with Crippen LogP contribution in [0.25, 0.3) is 0 Å². The van der Waals surface area contributed by atoms with Crippen molar-refractivity contribution in [2.75, 3.05) is 0 Å². The molecule has 0 bridgehead atoms. The monoisotopic (exact) mass is 281 g/mol. The van der Waals surface area contributed by atoms with Crippen LogP contribution in [0.1, 0.15) is 18.5 Å². The molecule has 4 nitrogen and oxygen atoms in total. The molecule has 0 fully saturated rings. The van der Waals surface area contributed by atoms with E-state index in [2.05, 4.69) is 0 Å². The van der Waals surface area contributed by atoms with Crippen LogP contribution in [0.2, 0.25) is 0 Å². The summed E-state index contributed by atoms with van der Waals surface area (Å²) in [7, 11) is 0. The van der Waals surface area contributed by atoms with Crippen molar-refractivity contribution >= 4 is 0 Å². The highest BCUT2D eigenvalue weighted by atomic mass is 16.6. The topological polar surface area (TPSA) is 44.4 Å². The fourth-order valence-corrected chi connectivity index (χ4v) is 2.15. The van der Waals surface area contributed by atoms with Gasteiger partial charge in [0.2, 0.25) is 0 Å². The molecule has 1 heterocycles. The average Bonchev–Trinajstić information content (AvgIpc) is 2.89. The summed E-state index contributed by atoms with van der Waals surface area (Å²) < 4.78 is 12.2. The molecule has 3 rings (SSSR count). The molecule has 0 aliphatic carbocycles. The number of ether oxygens (including phenoxy) is 1. The first-order chi connectivity index (χ1) is 10.2. The van der Waals surface area contributed by atoms with E-state index in [1.807, 2.05) is 55.5 Å². The van der Waals surface area contributed by atoms with Gasteiger partial charge >= 0.3 is 11.7 Å². The molecular formula is C17H15NO3. The zero-order chi connectivity index (χ0) is 14.7. The lowest BCUT2D eigenvalue weighted by Crippen LogP contribution is -2.18. The summed E-state index contributed by atoms with van der Waals surface area (Å²) in [6.07, 6.45) is 1.59. The van der Waals surface area contributed by atoms with E-state index in [1.165, 1.54) is 4.57 Å². The number of para-hydroxylation sites is 1. The summed E-state index contributed by atoms with van der Waals surface area (Å²) in [4.78, 5) is 12.0. The van der Waals surface area contributed by atoms with Gasteiger partial charge in [-0.05, 0) is 24.6 Å². The van der Waals surface area contributed by atoms with Crippen molar-refractivity contribution < 1.29 is 9.15 Å². The highest BCUT2D eigenvalue weighted by Gasteiger charge is 2.14. The number of oxazole rings is 1. The molecule has 0 aliphatic heterocycles. The predicted octanol–water partition coefficient (Wildman–Crippen LogP) is 3.84. The van der Waals surface area contributed by atoms with Crippen LogP contribution in [-0.2, 0) is 0 Å². The molecule has 0 spiro atoms. The van der Waals surface area contributed by atoms with E-state index in [4.69, 9.17) is 9.15 Å². The highest BCUT2D eigenvalue weighted by Crippen LogP contribution is 2.23. The van der Waals surface area contributed by atoms with Gasteiger partial charge in [-0.1, -0.05) is 48.5 Å². The number of rotatable bonds is 4. The molecule has 21 heavy (non-hydrogen) atoms. The maximum absolute atomic E-state index is 12.0. The summed E-state index contributed by atoms with van der Waals surface area (Å²) in [5.41, 5.74) is 1.03. The maximum atomic E-state index is 12.0. The summed E-state index contributed by atoms with van der Waals surface area (Å²) in [5, 5.41) is 0. The zero-order valence-corrected chi connectivity index (χ0v) is 11.6. The van der Waals surface area contributed by atoms with Crippen LogP contribution in [-0.4, -0.2) is 4.57 Å². The van der Waals surface area contributed by atoms with E-state index >= 15 is 0 Å². The second-order valence-corrected chi connectivity index (χ2v) is 4.73. The number of benzene rings is 2. The second-order valence-electron chi connectivity index (χ2n) is 4.73. The fourth-order valence-electron chi connectivity index (χ4n) is 2.15. The quantitative estimate of drug-likeness (QED) is 0.729. The van der Waals surface area contributed by atoms with Crippen LogP contribution < -0.4 is 10.5 Å². The molecule has 1 atom stereocenters. The molecule has 106 valence electrons. The molecule has 0 saturated heterocycles. The van der Waals surface area contributed by atoms with E-state index in [0.717, 1.165) is 5.56 Å². The second kappa shape index (κ2) is 5.71. The molecule has 0 radical (unpaired) electrons. The van der Waals surface area contributed by atoms with E-state index in [1.54, 1.807) is 18.3 Å². The summed E-state index contributed by atoms with van der Waals surface area (Å²) in [5.74, 6) is 0.386. The lowest BCUT2D eigenvalue weighted by Gasteiger charge is -2.10. The number of aromatic nitrogens is 1. The highest BCUT2D eigenvalue weighted by molar-refractivity contribution is 5.25. The van der Waals surface area contributed by atoms with Crippen molar-refractivity contribution in [1.82, 2.24) is 4.57 Å². The number of hydrogen-bond acceptors (Lipinski definition) is 3. The molecule has 0 saturated carbocycles. The Balaban J connectivity index is 1.86. The van der Waals surface area contributed by atoms with Crippen LogP contribution in [0.15, 0.2) is 76.1 Å². The van der Waals surface area contributed by atoms with Gasteiger partial charge in [-0.2, -0.15) is 0 Å². The minimum absolute atomic E-state index is 0.115. The van der Waals surface area contributed by atoms with Crippen LogP contribution in [0.3, 0.4) is 0 Å². The Kier molecular flexibility index (Phi) is 3.60. The van der Waals surface area contributed by atoms with Crippen molar-refractivity contribution in [2.45, 2.75) is 13.0 Å². The van der Waals surface area contributed by atoms with Crippen LogP contribution in [0, 0.1) is 0 Å².